The Kier molecular flexibility index (Phi) is 4.92. The number of carbonyl (C=O) groups excluding carboxylic acids is 1. The molecule has 4 aliphatic rings. The Labute approximate surface area is 171 Å². The number of aromatic nitrogens is 1. The maximum Gasteiger partial charge on any atom is 0.225 e. The number of piperazine rings is 1. The van der Waals surface area contributed by atoms with E-state index < -0.39 is 0 Å². The molecule has 3 heterocycles. The second kappa shape index (κ2) is 7.58. The van der Waals surface area contributed by atoms with Gasteiger partial charge in [-0.15, -0.1) is 0 Å². The lowest BCUT2D eigenvalue weighted by Crippen LogP contribution is -2.56. The fourth-order valence-corrected chi connectivity index (χ4v) is 5.05. The third-order valence-corrected chi connectivity index (χ3v) is 6.88. The number of carbonyl (C=O) groups is 1. The van der Waals surface area contributed by atoms with Gasteiger partial charge in [0.25, 0.3) is 0 Å². The SMILES string of the molecule is N#Cc1c(N2CCN(C(=O)CCO)C(C3CC3)C2)nc(C2CC2)c2c1CCNC2. The van der Waals surface area contributed by atoms with Gasteiger partial charge in [0.1, 0.15) is 11.9 Å². The molecule has 2 aliphatic carbocycles. The van der Waals surface area contributed by atoms with Crippen LogP contribution in [-0.2, 0) is 17.8 Å². The molecule has 29 heavy (non-hydrogen) atoms. The molecule has 1 atom stereocenters. The van der Waals surface area contributed by atoms with Gasteiger partial charge in [-0.3, -0.25) is 4.79 Å². The van der Waals surface area contributed by atoms with E-state index in [1.807, 2.05) is 4.90 Å². The Morgan fingerprint density at radius 2 is 2.07 bits per heavy atom. The van der Waals surface area contributed by atoms with E-state index in [1.165, 1.54) is 29.7 Å². The van der Waals surface area contributed by atoms with Crippen molar-refractivity contribution in [3.8, 4) is 6.07 Å². The number of hydrogen-bond donors (Lipinski definition) is 2. The Morgan fingerprint density at radius 1 is 1.24 bits per heavy atom. The Balaban J connectivity index is 1.48. The highest BCUT2D eigenvalue weighted by Crippen LogP contribution is 2.44. The van der Waals surface area contributed by atoms with Crippen molar-refractivity contribution in [1.29, 1.82) is 5.26 Å². The number of aliphatic hydroxyl groups excluding tert-OH is 1. The summed E-state index contributed by atoms with van der Waals surface area (Å²) in [5.41, 5.74) is 4.40. The molecule has 3 fully saturated rings. The van der Waals surface area contributed by atoms with Crippen molar-refractivity contribution in [3.05, 3.63) is 22.4 Å². The molecular formula is C22H29N5O2. The van der Waals surface area contributed by atoms with Gasteiger partial charge in [-0.05, 0) is 55.7 Å². The highest BCUT2D eigenvalue weighted by atomic mass is 16.3. The monoisotopic (exact) mass is 395 g/mol. The van der Waals surface area contributed by atoms with Crippen LogP contribution in [0, 0.1) is 17.2 Å². The summed E-state index contributed by atoms with van der Waals surface area (Å²) >= 11 is 0. The van der Waals surface area contributed by atoms with Gasteiger partial charge in [-0.2, -0.15) is 5.26 Å². The highest BCUT2D eigenvalue weighted by Gasteiger charge is 2.42. The average Bonchev–Trinajstić information content (AvgIpc) is 3.65. The van der Waals surface area contributed by atoms with Crippen molar-refractivity contribution in [2.24, 2.45) is 5.92 Å². The molecule has 0 radical (unpaired) electrons. The maximum atomic E-state index is 12.5. The van der Waals surface area contributed by atoms with Crippen LogP contribution in [-0.4, -0.2) is 59.7 Å². The van der Waals surface area contributed by atoms with Crippen molar-refractivity contribution in [3.63, 3.8) is 0 Å². The molecule has 2 N–H and O–H groups in total. The van der Waals surface area contributed by atoms with Crippen molar-refractivity contribution in [2.75, 3.05) is 37.7 Å². The molecular weight excluding hydrogens is 366 g/mol. The summed E-state index contributed by atoms with van der Waals surface area (Å²) in [6.45, 7) is 3.71. The average molecular weight is 396 g/mol. The number of pyridine rings is 1. The lowest BCUT2D eigenvalue weighted by atomic mass is 9.93. The predicted molar refractivity (Wildman–Crippen MR) is 108 cm³/mol. The van der Waals surface area contributed by atoms with E-state index in [-0.39, 0.29) is 25.0 Å². The number of hydrogen-bond acceptors (Lipinski definition) is 6. The largest absolute Gasteiger partial charge is 0.396 e. The normalized spacial score (nSPS) is 24.2. The molecule has 2 aliphatic heterocycles. The molecule has 7 heteroatoms. The van der Waals surface area contributed by atoms with Crippen LogP contribution in [0.3, 0.4) is 0 Å². The highest BCUT2D eigenvalue weighted by molar-refractivity contribution is 5.77. The predicted octanol–water partition coefficient (Wildman–Crippen LogP) is 1.29. The molecule has 1 aromatic rings. The standard InChI is InChI=1S/C22H29N5O2/c23-11-17-16-5-7-24-12-18(16)21(15-3-4-15)25-22(17)26-8-9-27(20(29)6-10-28)19(13-26)14-1-2-14/h14-15,19,24,28H,1-10,12-13H2. The number of amides is 1. The number of rotatable bonds is 5. The van der Waals surface area contributed by atoms with Gasteiger partial charge in [0.15, 0.2) is 0 Å². The van der Waals surface area contributed by atoms with Gasteiger partial charge in [0.2, 0.25) is 5.91 Å². The molecule has 1 unspecified atom stereocenters. The lowest BCUT2D eigenvalue weighted by molar-refractivity contribution is -0.135. The van der Waals surface area contributed by atoms with E-state index in [2.05, 4.69) is 16.3 Å². The molecule has 5 rings (SSSR count). The van der Waals surface area contributed by atoms with Crippen LogP contribution in [0.4, 0.5) is 5.82 Å². The minimum Gasteiger partial charge on any atom is -0.396 e. The van der Waals surface area contributed by atoms with Gasteiger partial charge >= 0.3 is 0 Å². The van der Waals surface area contributed by atoms with E-state index in [0.29, 0.717) is 24.9 Å². The number of nitriles is 1. The first-order valence-electron chi connectivity index (χ1n) is 11.0. The molecule has 0 aromatic carbocycles. The van der Waals surface area contributed by atoms with Crippen LogP contribution < -0.4 is 10.2 Å². The first kappa shape index (κ1) is 18.8. The minimum atomic E-state index is -0.0970. The van der Waals surface area contributed by atoms with Crippen molar-refractivity contribution >= 4 is 11.7 Å². The zero-order valence-corrected chi connectivity index (χ0v) is 16.9. The van der Waals surface area contributed by atoms with Crippen LogP contribution in [0.25, 0.3) is 0 Å². The maximum absolute atomic E-state index is 12.5. The summed E-state index contributed by atoms with van der Waals surface area (Å²) in [6, 6.07) is 2.64. The number of nitrogens with one attached hydrogen (secondary N) is 1. The van der Waals surface area contributed by atoms with Crippen molar-refractivity contribution in [1.82, 2.24) is 15.2 Å². The zero-order chi connectivity index (χ0) is 20.0. The molecule has 154 valence electrons. The number of nitrogens with zero attached hydrogens (tertiary/aromatic N) is 4. The third-order valence-electron chi connectivity index (χ3n) is 6.88. The summed E-state index contributed by atoms with van der Waals surface area (Å²) in [5, 5.41) is 22.7. The van der Waals surface area contributed by atoms with Gasteiger partial charge in [0.05, 0.1) is 23.9 Å². The summed E-state index contributed by atoms with van der Waals surface area (Å²) in [6.07, 6.45) is 5.78. The number of aliphatic hydroxyl groups is 1. The third kappa shape index (κ3) is 3.49. The Morgan fingerprint density at radius 3 is 2.76 bits per heavy atom. The fourth-order valence-electron chi connectivity index (χ4n) is 5.05. The Bertz CT molecular complexity index is 856. The van der Waals surface area contributed by atoms with Crippen LogP contribution in [0.1, 0.15) is 60.4 Å². The summed E-state index contributed by atoms with van der Waals surface area (Å²) in [5.74, 6) is 1.97. The van der Waals surface area contributed by atoms with E-state index in [1.54, 1.807) is 0 Å². The van der Waals surface area contributed by atoms with Gasteiger partial charge < -0.3 is 20.2 Å². The van der Waals surface area contributed by atoms with Gasteiger partial charge in [0, 0.05) is 38.5 Å². The van der Waals surface area contributed by atoms with Crippen LogP contribution in [0.15, 0.2) is 0 Å². The quantitative estimate of drug-likeness (QED) is 0.780. The van der Waals surface area contributed by atoms with Crippen molar-refractivity contribution in [2.45, 2.75) is 57.0 Å². The number of anilines is 1. The molecule has 7 nitrogen and oxygen atoms in total. The number of fused-ring (bicyclic) bond motifs is 1. The molecule has 1 aromatic heterocycles. The van der Waals surface area contributed by atoms with Gasteiger partial charge in [-0.1, -0.05) is 0 Å². The molecule has 0 bridgehead atoms. The summed E-state index contributed by atoms with van der Waals surface area (Å²) in [4.78, 5) is 21.8. The van der Waals surface area contributed by atoms with E-state index in [9.17, 15) is 15.2 Å². The zero-order valence-electron chi connectivity index (χ0n) is 16.9. The van der Waals surface area contributed by atoms with E-state index in [0.717, 1.165) is 50.3 Å². The molecule has 1 saturated heterocycles. The minimum absolute atomic E-state index is 0.0488. The Hall–Kier alpha value is -2.17. The van der Waals surface area contributed by atoms with E-state index in [4.69, 9.17) is 4.98 Å². The van der Waals surface area contributed by atoms with E-state index >= 15 is 0 Å². The van der Waals surface area contributed by atoms with Crippen molar-refractivity contribution < 1.29 is 9.90 Å². The fraction of sp³-hybridized carbons (Fsp3) is 0.682. The molecule has 2 saturated carbocycles. The second-order valence-corrected chi connectivity index (χ2v) is 8.88. The smallest absolute Gasteiger partial charge is 0.225 e. The van der Waals surface area contributed by atoms with Crippen LogP contribution in [0.5, 0.6) is 0 Å². The lowest BCUT2D eigenvalue weighted by Gasteiger charge is -2.43. The second-order valence-electron chi connectivity index (χ2n) is 8.88. The summed E-state index contributed by atoms with van der Waals surface area (Å²) < 4.78 is 0. The molecule has 0 spiro atoms. The van der Waals surface area contributed by atoms with Crippen LogP contribution >= 0.6 is 0 Å². The first-order valence-corrected chi connectivity index (χ1v) is 11.0. The summed E-state index contributed by atoms with van der Waals surface area (Å²) in [7, 11) is 0. The van der Waals surface area contributed by atoms with Crippen LogP contribution in [0.2, 0.25) is 0 Å². The molecule has 1 amide bonds. The van der Waals surface area contributed by atoms with Gasteiger partial charge in [-0.25, -0.2) is 4.98 Å². The topological polar surface area (TPSA) is 92.5 Å². The first-order chi connectivity index (χ1) is 14.2.